The van der Waals surface area contributed by atoms with Gasteiger partial charge in [0.05, 0.1) is 12.6 Å². The Kier molecular flexibility index (Phi) is 3.97. The molecule has 0 heterocycles. The minimum Gasteiger partial charge on any atom is -0.287 e. The Labute approximate surface area is 60.0 Å². The van der Waals surface area contributed by atoms with Crippen molar-refractivity contribution in [3.8, 4) is 12.3 Å². The van der Waals surface area contributed by atoms with Crippen LogP contribution in [0.25, 0.3) is 0 Å². The van der Waals surface area contributed by atoms with Crippen LogP contribution in [0.4, 0.5) is 8.78 Å². The van der Waals surface area contributed by atoms with Crippen LogP contribution in [-0.4, -0.2) is 31.0 Å². The van der Waals surface area contributed by atoms with Crippen molar-refractivity contribution in [1.82, 2.24) is 4.90 Å². The van der Waals surface area contributed by atoms with E-state index in [9.17, 15) is 8.78 Å². The molecular weight excluding hydrogens is 136 g/mol. The van der Waals surface area contributed by atoms with Gasteiger partial charge in [-0.1, -0.05) is 5.92 Å². The molecule has 0 amide bonds. The zero-order valence-corrected chi connectivity index (χ0v) is 6.14. The van der Waals surface area contributed by atoms with Crippen molar-refractivity contribution < 1.29 is 8.78 Å². The summed E-state index contributed by atoms with van der Waals surface area (Å²) in [6.45, 7) is 1.45. The Morgan fingerprint density at radius 3 is 2.40 bits per heavy atom. The van der Waals surface area contributed by atoms with Crippen LogP contribution in [0.15, 0.2) is 0 Å². The molecular formula is C7H11F2N. The van der Waals surface area contributed by atoms with Crippen LogP contribution in [0.3, 0.4) is 0 Å². The summed E-state index contributed by atoms with van der Waals surface area (Å²) >= 11 is 0. The molecule has 0 rings (SSSR count). The molecule has 0 aromatic heterocycles. The normalized spacial score (nSPS) is 13.7. The minimum atomic E-state index is -2.30. The van der Waals surface area contributed by atoms with E-state index >= 15 is 0 Å². The Hall–Kier alpha value is -0.620. The molecule has 0 aromatic carbocycles. The zero-order chi connectivity index (χ0) is 8.15. The van der Waals surface area contributed by atoms with Gasteiger partial charge in [0, 0.05) is 0 Å². The second-order valence-electron chi connectivity index (χ2n) is 2.17. The van der Waals surface area contributed by atoms with Gasteiger partial charge in [-0.2, -0.15) is 0 Å². The van der Waals surface area contributed by atoms with Crippen LogP contribution in [0.1, 0.15) is 6.92 Å². The summed E-state index contributed by atoms with van der Waals surface area (Å²) in [7, 11) is 1.58. The van der Waals surface area contributed by atoms with Crippen molar-refractivity contribution in [3.63, 3.8) is 0 Å². The van der Waals surface area contributed by atoms with Crippen LogP contribution in [0, 0.1) is 12.3 Å². The van der Waals surface area contributed by atoms with Gasteiger partial charge in [-0.05, 0) is 14.0 Å². The molecule has 10 heavy (non-hydrogen) atoms. The third-order valence-corrected chi connectivity index (χ3v) is 1.33. The van der Waals surface area contributed by atoms with E-state index in [1.807, 2.05) is 0 Å². The van der Waals surface area contributed by atoms with E-state index in [2.05, 4.69) is 5.92 Å². The van der Waals surface area contributed by atoms with Gasteiger partial charge in [0.25, 0.3) is 6.43 Å². The van der Waals surface area contributed by atoms with E-state index in [1.54, 1.807) is 14.0 Å². The van der Waals surface area contributed by atoms with Gasteiger partial charge in [0.2, 0.25) is 0 Å². The average molecular weight is 147 g/mol. The van der Waals surface area contributed by atoms with Crippen molar-refractivity contribution in [3.05, 3.63) is 0 Å². The smallest absolute Gasteiger partial charge is 0.251 e. The fourth-order valence-corrected chi connectivity index (χ4v) is 0.503. The fourth-order valence-electron chi connectivity index (χ4n) is 0.503. The van der Waals surface area contributed by atoms with E-state index in [0.717, 1.165) is 0 Å². The summed E-state index contributed by atoms with van der Waals surface area (Å²) in [4.78, 5) is 1.44. The first-order valence-electron chi connectivity index (χ1n) is 3.02. The molecule has 0 saturated carbocycles. The van der Waals surface area contributed by atoms with Gasteiger partial charge in [-0.25, -0.2) is 8.78 Å². The molecule has 58 valence electrons. The van der Waals surface area contributed by atoms with E-state index in [4.69, 9.17) is 6.42 Å². The lowest BCUT2D eigenvalue weighted by Gasteiger charge is -2.18. The SMILES string of the molecule is C#CC(C)N(C)CC(F)F. The second kappa shape index (κ2) is 4.24. The van der Waals surface area contributed by atoms with Crippen molar-refractivity contribution in [2.75, 3.05) is 13.6 Å². The number of terminal acetylenes is 1. The predicted octanol–water partition coefficient (Wildman–Crippen LogP) is 1.21. The second-order valence-corrected chi connectivity index (χ2v) is 2.17. The number of alkyl halides is 2. The predicted molar refractivity (Wildman–Crippen MR) is 36.9 cm³/mol. The molecule has 1 atom stereocenters. The average Bonchev–Trinajstić information content (AvgIpc) is 1.85. The topological polar surface area (TPSA) is 3.24 Å². The summed E-state index contributed by atoms with van der Waals surface area (Å²) in [5.74, 6) is 2.36. The summed E-state index contributed by atoms with van der Waals surface area (Å²) in [5, 5.41) is 0. The van der Waals surface area contributed by atoms with E-state index < -0.39 is 6.43 Å². The van der Waals surface area contributed by atoms with E-state index in [1.165, 1.54) is 4.90 Å². The molecule has 0 fully saturated rings. The first-order valence-corrected chi connectivity index (χ1v) is 3.02. The molecule has 0 aromatic rings. The van der Waals surface area contributed by atoms with Gasteiger partial charge in [0.1, 0.15) is 0 Å². The summed E-state index contributed by atoms with van der Waals surface area (Å²) in [6.07, 6.45) is 2.71. The van der Waals surface area contributed by atoms with Crippen LogP contribution in [0.5, 0.6) is 0 Å². The van der Waals surface area contributed by atoms with Crippen LogP contribution in [-0.2, 0) is 0 Å². The molecule has 0 aliphatic carbocycles. The van der Waals surface area contributed by atoms with Crippen LogP contribution in [0.2, 0.25) is 0 Å². The lowest BCUT2D eigenvalue weighted by molar-refractivity contribution is 0.0938. The highest BCUT2D eigenvalue weighted by Gasteiger charge is 2.10. The van der Waals surface area contributed by atoms with E-state index in [0.29, 0.717) is 0 Å². The Morgan fingerprint density at radius 1 is 1.60 bits per heavy atom. The van der Waals surface area contributed by atoms with E-state index in [-0.39, 0.29) is 12.6 Å². The third kappa shape index (κ3) is 3.41. The summed E-state index contributed by atoms with van der Waals surface area (Å²) in [6, 6.07) is -0.214. The van der Waals surface area contributed by atoms with Crippen molar-refractivity contribution in [2.45, 2.75) is 19.4 Å². The summed E-state index contributed by atoms with van der Waals surface area (Å²) in [5.41, 5.74) is 0. The van der Waals surface area contributed by atoms with Gasteiger partial charge < -0.3 is 0 Å². The molecule has 0 radical (unpaired) electrons. The first kappa shape index (κ1) is 9.38. The highest BCUT2D eigenvalue weighted by molar-refractivity contribution is 4.96. The van der Waals surface area contributed by atoms with Crippen LogP contribution < -0.4 is 0 Å². The molecule has 1 nitrogen and oxygen atoms in total. The quantitative estimate of drug-likeness (QED) is 0.542. The molecule has 0 aliphatic rings. The molecule has 0 saturated heterocycles. The number of rotatable bonds is 3. The summed E-state index contributed by atoms with van der Waals surface area (Å²) < 4.78 is 23.3. The van der Waals surface area contributed by atoms with Crippen molar-refractivity contribution in [1.29, 1.82) is 0 Å². The van der Waals surface area contributed by atoms with Crippen molar-refractivity contribution >= 4 is 0 Å². The largest absolute Gasteiger partial charge is 0.287 e. The number of nitrogens with zero attached hydrogens (tertiary/aromatic N) is 1. The van der Waals surface area contributed by atoms with Crippen molar-refractivity contribution in [2.24, 2.45) is 0 Å². The lowest BCUT2D eigenvalue weighted by atomic mass is 10.3. The Morgan fingerprint density at radius 2 is 2.10 bits per heavy atom. The highest BCUT2D eigenvalue weighted by Crippen LogP contribution is 1.99. The van der Waals surface area contributed by atoms with Gasteiger partial charge >= 0.3 is 0 Å². The van der Waals surface area contributed by atoms with Gasteiger partial charge in [0.15, 0.2) is 0 Å². The number of halogens is 2. The Bertz CT molecular complexity index is 128. The number of hydrogen-bond acceptors (Lipinski definition) is 1. The molecule has 0 spiro atoms. The lowest BCUT2D eigenvalue weighted by Crippen LogP contribution is -2.31. The maximum Gasteiger partial charge on any atom is 0.251 e. The third-order valence-electron chi connectivity index (χ3n) is 1.33. The Balaban J connectivity index is 3.64. The van der Waals surface area contributed by atoms with Gasteiger partial charge in [-0.3, -0.25) is 4.90 Å². The molecule has 0 N–H and O–H groups in total. The maximum atomic E-state index is 11.7. The van der Waals surface area contributed by atoms with Gasteiger partial charge in [-0.15, -0.1) is 6.42 Å². The molecule has 0 bridgehead atoms. The molecule has 0 aliphatic heterocycles. The molecule has 3 heteroatoms. The zero-order valence-electron chi connectivity index (χ0n) is 6.14. The fraction of sp³-hybridized carbons (Fsp3) is 0.714. The monoisotopic (exact) mass is 147 g/mol. The molecule has 1 unspecified atom stereocenters. The first-order chi connectivity index (χ1) is 4.57. The van der Waals surface area contributed by atoms with Crippen LogP contribution >= 0.6 is 0 Å². The highest BCUT2D eigenvalue weighted by atomic mass is 19.3. The number of hydrogen-bond donors (Lipinski definition) is 0. The maximum absolute atomic E-state index is 11.7. The standard InChI is InChI=1S/C7H11F2N/c1-4-6(2)10(3)5-7(8)9/h1,6-7H,5H2,2-3H3. The minimum absolute atomic E-state index is 0.214.